The molecule has 0 aromatic rings. The van der Waals surface area contributed by atoms with Crippen molar-refractivity contribution in [1.29, 1.82) is 0 Å². The molecule has 0 aromatic carbocycles. The summed E-state index contributed by atoms with van der Waals surface area (Å²) in [5.74, 6) is -4.32. The van der Waals surface area contributed by atoms with Crippen molar-refractivity contribution >= 4 is 23.7 Å². The molecule has 1 saturated carbocycles. The molecule has 4 rings (SSSR count). The van der Waals surface area contributed by atoms with Crippen molar-refractivity contribution in [2.24, 2.45) is 34.5 Å². The number of carbonyl (C=O) groups is 4. The Morgan fingerprint density at radius 2 is 2.00 bits per heavy atom. The topological polar surface area (TPSA) is 116 Å². The lowest BCUT2D eigenvalue weighted by Crippen LogP contribution is -2.69. The number of esters is 3. The van der Waals surface area contributed by atoms with Gasteiger partial charge in [-0.2, -0.15) is 0 Å². The molecule has 8 nitrogen and oxygen atoms in total. The number of ether oxygens (including phenoxy) is 3. The summed E-state index contributed by atoms with van der Waals surface area (Å²) in [6, 6.07) is 0. The van der Waals surface area contributed by atoms with Gasteiger partial charge in [0, 0.05) is 11.8 Å². The number of hydrogen-bond donors (Lipinski definition) is 1. The van der Waals surface area contributed by atoms with Gasteiger partial charge in [0.1, 0.15) is 18.8 Å². The lowest BCUT2D eigenvalue weighted by atomic mass is 9.42. The molecule has 0 bridgehead atoms. The molecular weight excluding hydrogens is 380 g/mol. The highest BCUT2D eigenvalue weighted by Crippen LogP contribution is 2.67. The minimum Gasteiger partial charge on any atom is -0.469 e. The fraction of sp³-hybridized carbons (Fsp3) is 0.714. The molecule has 2 aliphatic carbocycles. The summed E-state index contributed by atoms with van der Waals surface area (Å²) in [6.45, 7) is 5.18. The van der Waals surface area contributed by atoms with E-state index in [0.29, 0.717) is 6.42 Å². The number of methoxy groups -OCH3 is 1. The summed E-state index contributed by atoms with van der Waals surface area (Å²) in [5.41, 5.74) is -1.36. The zero-order chi connectivity index (χ0) is 21.3. The van der Waals surface area contributed by atoms with E-state index in [-0.39, 0.29) is 18.9 Å². The van der Waals surface area contributed by atoms with Gasteiger partial charge in [-0.25, -0.2) is 0 Å². The molecule has 0 radical (unpaired) electrons. The number of fused-ring (bicyclic) bond motifs is 2. The van der Waals surface area contributed by atoms with Gasteiger partial charge in [-0.3, -0.25) is 19.2 Å². The van der Waals surface area contributed by atoms with E-state index in [1.54, 1.807) is 20.8 Å². The van der Waals surface area contributed by atoms with Crippen LogP contribution in [0.1, 0.15) is 33.6 Å². The maximum absolute atomic E-state index is 13.0. The van der Waals surface area contributed by atoms with E-state index in [1.807, 2.05) is 0 Å². The van der Waals surface area contributed by atoms with Gasteiger partial charge in [-0.15, -0.1) is 0 Å². The van der Waals surface area contributed by atoms with E-state index in [9.17, 15) is 24.3 Å². The molecule has 29 heavy (non-hydrogen) atoms. The van der Waals surface area contributed by atoms with Crippen molar-refractivity contribution in [2.45, 2.75) is 45.8 Å². The second-order valence-corrected chi connectivity index (χ2v) is 9.10. The molecule has 2 heterocycles. The SMILES string of the molecule is COC(=O)C[C@H]1[C@@H](C)C(=O)O[C@@H]2C[C@H]3C(C)=CC(=O)[C@@H](O)[C@]3(C)[C@H]3C(=O)OC[C@]321. The molecule has 3 fully saturated rings. The van der Waals surface area contributed by atoms with Gasteiger partial charge in [0.2, 0.25) is 0 Å². The van der Waals surface area contributed by atoms with Crippen LogP contribution in [0, 0.1) is 34.5 Å². The van der Waals surface area contributed by atoms with Crippen LogP contribution in [-0.4, -0.2) is 54.7 Å². The van der Waals surface area contributed by atoms with Crippen LogP contribution in [-0.2, 0) is 33.4 Å². The normalized spacial score (nSPS) is 46.0. The van der Waals surface area contributed by atoms with Gasteiger partial charge in [0.15, 0.2) is 5.78 Å². The van der Waals surface area contributed by atoms with Crippen LogP contribution in [0.25, 0.3) is 0 Å². The van der Waals surface area contributed by atoms with Crippen molar-refractivity contribution in [2.75, 3.05) is 13.7 Å². The first-order chi connectivity index (χ1) is 13.6. The van der Waals surface area contributed by atoms with Crippen molar-refractivity contribution in [3.05, 3.63) is 11.6 Å². The predicted molar refractivity (Wildman–Crippen MR) is 97.0 cm³/mol. The van der Waals surface area contributed by atoms with E-state index < -0.39 is 64.5 Å². The molecular formula is C21H26O8. The third-order valence-electron chi connectivity index (χ3n) is 7.98. The zero-order valence-electron chi connectivity index (χ0n) is 17.0. The summed E-state index contributed by atoms with van der Waals surface area (Å²) >= 11 is 0. The van der Waals surface area contributed by atoms with Crippen LogP contribution in [0.5, 0.6) is 0 Å². The maximum atomic E-state index is 13.0. The first kappa shape index (κ1) is 20.1. The number of aliphatic hydroxyl groups excluding tert-OH is 1. The molecule has 8 heteroatoms. The predicted octanol–water partition coefficient (Wildman–Crippen LogP) is 0.803. The van der Waals surface area contributed by atoms with Gasteiger partial charge in [0.05, 0.1) is 24.4 Å². The zero-order valence-corrected chi connectivity index (χ0v) is 17.0. The fourth-order valence-corrected chi connectivity index (χ4v) is 6.54. The minimum atomic E-state index is -1.38. The fourth-order valence-electron chi connectivity index (χ4n) is 6.54. The third-order valence-corrected chi connectivity index (χ3v) is 7.98. The molecule has 158 valence electrons. The Kier molecular flexibility index (Phi) is 4.42. The summed E-state index contributed by atoms with van der Waals surface area (Å²) in [5, 5.41) is 10.9. The standard InChI is InChI=1S/C21H26O8/c1-9-5-13(22)17(24)20(3)11(9)6-14-21(8-28-19(26)16(20)21)12(7-15(23)27-4)10(2)18(25)29-14/h5,10-12,14,16-17,24H,6-8H2,1-4H3/t10-,11+,12+,14-,16-,17-,20+,21-/m1/s1. The molecule has 1 N–H and O–H groups in total. The lowest BCUT2D eigenvalue weighted by Gasteiger charge is -2.61. The number of cyclic esters (lactones) is 1. The van der Waals surface area contributed by atoms with E-state index in [0.717, 1.165) is 5.57 Å². The molecule has 2 saturated heterocycles. The average molecular weight is 406 g/mol. The van der Waals surface area contributed by atoms with Crippen LogP contribution < -0.4 is 0 Å². The summed E-state index contributed by atoms with van der Waals surface area (Å²) < 4.78 is 16.1. The quantitative estimate of drug-likeness (QED) is 0.529. The first-order valence-corrected chi connectivity index (χ1v) is 9.93. The smallest absolute Gasteiger partial charge is 0.310 e. The minimum absolute atomic E-state index is 0.0214. The van der Waals surface area contributed by atoms with Crippen LogP contribution in [0.4, 0.5) is 0 Å². The number of allylic oxidation sites excluding steroid dienone is 1. The monoisotopic (exact) mass is 406 g/mol. The van der Waals surface area contributed by atoms with Gasteiger partial charge in [-0.1, -0.05) is 19.4 Å². The Labute approximate surface area is 168 Å². The molecule has 2 aliphatic heterocycles. The Morgan fingerprint density at radius 1 is 1.31 bits per heavy atom. The second-order valence-electron chi connectivity index (χ2n) is 9.10. The third kappa shape index (κ3) is 2.41. The molecule has 1 spiro atoms. The van der Waals surface area contributed by atoms with Gasteiger partial charge >= 0.3 is 17.9 Å². The summed E-state index contributed by atoms with van der Waals surface area (Å²) in [6.07, 6.45) is -0.345. The highest BCUT2D eigenvalue weighted by atomic mass is 16.6. The van der Waals surface area contributed by atoms with Crippen LogP contribution in [0.3, 0.4) is 0 Å². The largest absolute Gasteiger partial charge is 0.469 e. The van der Waals surface area contributed by atoms with E-state index in [2.05, 4.69) is 0 Å². The van der Waals surface area contributed by atoms with E-state index >= 15 is 0 Å². The number of hydrogen-bond acceptors (Lipinski definition) is 8. The highest BCUT2D eigenvalue weighted by Gasteiger charge is 2.75. The van der Waals surface area contributed by atoms with Crippen molar-refractivity contribution in [3.63, 3.8) is 0 Å². The van der Waals surface area contributed by atoms with Gasteiger partial charge in [0.25, 0.3) is 0 Å². The van der Waals surface area contributed by atoms with Gasteiger partial charge in [-0.05, 0) is 31.3 Å². The summed E-state index contributed by atoms with van der Waals surface area (Å²) in [4.78, 5) is 50.4. The molecule has 8 atom stereocenters. The number of ketones is 1. The highest BCUT2D eigenvalue weighted by molar-refractivity contribution is 5.97. The first-order valence-electron chi connectivity index (χ1n) is 9.93. The van der Waals surface area contributed by atoms with Crippen molar-refractivity contribution in [3.8, 4) is 0 Å². The maximum Gasteiger partial charge on any atom is 0.310 e. The molecule has 4 aliphatic rings. The number of aliphatic hydroxyl groups is 1. The molecule has 0 unspecified atom stereocenters. The average Bonchev–Trinajstić information content (AvgIpc) is 3.03. The van der Waals surface area contributed by atoms with Crippen molar-refractivity contribution in [1.82, 2.24) is 0 Å². The van der Waals surface area contributed by atoms with E-state index in [1.165, 1.54) is 13.2 Å². The second kappa shape index (κ2) is 6.39. The van der Waals surface area contributed by atoms with Crippen LogP contribution >= 0.6 is 0 Å². The Morgan fingerprint density at radius 3 is 2.66 bits per heavy atom. The number of carbonyl (C=O) groups excluding carboxylic acids is 4. The van der Waals surface area contributed by atoms with Crippen LogP contribution in [0.15, 0.2) is 11.6 Å². The molecule has 0 amide bonds. The number of rotatable bonds is 2. The van der Waals surface area contributed by atoms with Gasteiger partial charge < -0.3 is 19.3 Å². The Hall–Kier alpha value is -2.22. The van der Waals surface area contributed by atoms with Crippen LogP contribution in [0.2, 0.25) is 0 Å². The Bertz CT molecular complexity index is 831. The Balaban J connectivity index is 1.91. The van der Waals surface area contributed by atoms with Crippen molar-refractivity contribution < 1.29 is 38.5 Å². The summed E-state index contributed by atoms with van der Waals surface area (Å²) in [7, 11) is 1.27. The lowest BCUT2D eigenvalue weighted by molar-refractivity contribution is -0.230. The molecule has 0 aromatic heterocycles. The van der Waals surface area contributed by atoms with E-state index in [4.69, 9.17) is 14.2 Å².